The number of aromatic nitrogens is 4. The maximum absolute atomic E-state index is 4.81. The van der Waals surface area contributed by atoms with Crippen LogP contribution in [0.5, 0.6) is 0 Å². The Labute approximate surface area is 270 Å². The molecule has 0 unspecified atom stereocenters. The van der Waals surface area contributed by atoms with Gasteiger partial charge in [-0.2, -0.15) is 0 Å². The van der Waals surface area contributed by atoms with Crippen molar-refractivity contribution in [1.82, 2.24) is 19.1 Å². The van der Waals surface area contributed by atoms with Gasteiger partial charge >= 0.3 is 0 Å². The molecule has 8 rings (SSSR count). The Kier molecular flexibility index (Phi) is 6.94. The highest BCUT2D eigenvalue weighted by atomic mass is 15.0. The summed E-state index contributed by atoms with van der Waals surface area (Å²) in [6.07, 6.45) is 10.2. The smallest absolute Gasteiger partial charge is 0.0963 e. The Bertz CT molecular complexity index is 2250. The number of nitrogens with zero attached hydrogens (tertiary/aromatic N) is 4. The fraction of sp³-hybridized carbons (Fsp3) is 0.190. The van der Waals surface area contributed by atoms with Crippen LogP contribution < -0.4 is 0 Å². The van der Waals surface area contributed by atoms with Gasteiger partial charge in [0.2, 0.25) is 0 Å². The van der Waals surface area contributed by atoms with E-state index in [-0.39, 0.29) is 0 Å². The van der Waals surface area contributed by atoms with Gasteiger partial charge in [0.25, 0.3) is 0 Å². The highest BCUT2D eigenvalue weighted by Crippen LogP contribution is 2.37. The lowest BCUT2D eigenvalue weighted by atomic mass is 9.95. The van der Waals surface area contributed by atoms with Crippen LogP contribution in [0.25, 0.3) is 66.2 Å². The number of hydrogen-bond acceptors (Lipinski definition) is 2. The molecule has 0 aliphatic rings. The van der Waals surface area contributed by atoms with Crippen molar-refractivity contribution >= 4 is 43.7 Å². The third kappa shape index (κ3) is 4.51. The van der Waals surface area contributed by atoms with Crippen molar-refractivity contribution in [3.8, 4) is 22.5 Å². The fourth-order valence-corrected chi connectivity index (χ4v) is 7.42. The predicted octanol–water partition coefficient (Wildman–Crippen LogP) is 10.9. The van der Waals surface area contributed by atoms with Crippen molar-refractivity contribution in [3.63, 3.8) is 0 Å². The van der Waals surface area contributed by atoms with E-state index < -0.39 is 0 Å². The normalized spacial score (nSPS) is 11.8. The lowest BCUT2D eigenvalue weighted by molar-refractivity contribution is 0.923. The van der Waals surface area contributed by atoms with Crippen LogP contribution in [0.3, 0.4) is 0 Å². The summed E-state index contributed by atoms with van der Waals surface area (Å²) in [5.74, 6) is 0. The lowest BCUT2D eigenvalue weighted by Crippen LogP contribution is -1.98. The molecule has 4 aromatic heterocycles. The number of hydrogen-bond donors (Lipinski definition) is 0. The first-order valence-electron chi connectivity index (χ1n) is 16.5. The zero-order chi connectivity index (χ0) is 31.4. The molecule has 4 aromatic carbocycles. The highest BCUT2D eigenvalue weighted by Gasteiger charge is 2.17. The Morgan fingerprint density at radius 3 is 1.76 bits per heavy atom. The van der Waals surface area contributed by atoms with E-state index >= 15 is 0 Å². The Hall–Kier alpha value is -5.22. The molecule has 0 radical (unpaired) electrons. The second kappa shape index (κ2) is 11.3. The summed E-state index contributed by atoms with van der Waals surface area (Å²) in [6, 6.07) is 33.9. The van der Waals surface area contributed by atoms with E-state index in [0.29, 0.717) is 0 Å². The number of fused-ring (bicyclic) bond motifs is 6. The second-order valence-corrected chi connectivity index (χ2v) is 12.6. The first kappa shape index (κ1) is 28.3. The molecule has 46 heavy (non-hydrogen) atoms. The summed E-state index contributed by atoms with van der Waals surface area (Å²) >= 11 is 0. The van der Waals surface area contributed by atoms with Gasteiger partial charge in [-0.3, -0.25) is 9.97 Å². The zero-order valence-corrected chi connectivity index (χ0v) is 27.0. The van der Waals surface area contributed by atoms with E-state index in [4.69, 9.17) is 4.98 Å². The largest absolute Gasteiger partial charge is 0.309 e. The fourth-order valence-electron chi connectivity index (χ4n) is 7.42. The summed E-state index contributed by atoms with van der Waals surface area (Å²) in [7, 11) is 0. The van der Waals surface area contributed by atoms with Gasteiger partial charge in [-0.05, 0) is 127 Å². The van der Waals surface area contributed by atoms with Gasteiger partial charge in [0.1, 0.15) is 0 Å². The molecule has 4 nitrogen and oxygen atoms in total. The van der Waals surface area contributed by atoms with E-state index in [1.165, 1.54) is 71.8 Å². The standard InChI is InChI=1S/C42H38N4/c1-5-8-29-11-17-38-35(24-29)37-26-43-21-19-40(37)45(38)31-13-15-33(27(3)22-31)34-16-14-32(23-28(34)4)46-39-18-12-30(9-6-2)25-36(39)42-41(46)10-7-20-44-42/h7,10-26H,5-6,8-9H2,1-4H3. The predicted molar refractivity (Wildman–Crippen MR) is 194 cm³/mol. The van der Waals surface area contributed by atoms with Crippen LogP contribution in [0.4, 0.5) is 0 Å². The summed E-state index contributed by atoms with van der Waals surface area (Å²) < 4.78 is 4.75. The van der Waals surface area contributed by atoms with Crippen molar-refractivity contribution in [2.24, 2.45) is 0 Å². The molecule has 0 spiro atoms. The number of benzene rings is 4. The number of aryl methyl sites for hydroxylation is 4. The third-order valence-electron chi connectivity index (χ3n) is 9.52. The molecule has 0 saturated heterocycles. The van der Waals surface area contributed by atoms with Gasteiger partial charge in [-0.15, -0.1) is 0 Å². The summed E-state index contributed by atoms with van der Waals surface area (Å²) in [4.78, 5) is 9.29. The van der Waals surface area contributed by atoms with Crippen LogP contribution in [-0.4, -0.2) is 19.1 Å². The van der Waals surface area contributed by atoms with Crippen LogP contribution in [-0.2, 0) is 12.8 Å². The monoisotopic (exact) mass is 598 g/mol. The maximum Gasteiger partial charge on any atom is 0.0963 e. The Morgan fingerprint density at radius 2 is 1.13 bits per heavy atom. The molecule has 4 heterocycles. The van der Waals surface area contributed by atoms with Crippen molar-refractivity contribution in [2.75, 3.05) is 0 Å². The van der Waals surface area contributed by atoms with Crippen molar-refractivity contribution in [3.05, 3.63) is 132 Å². The second-order valence-electron chi connectivity index (χ2n) is 12.6. The van der Waals surface area contributed by atoms with E-state index in [1.807, 2.05) is 24.7 Å². The molecular weight excluding hydrogens is 560 g/mol. The minimum absolute atomic E-state index is 1.06. The van der Waals surface area contributed by atoms with Crippen molar-refractivity contribution in [2.45, 2.75) is 53.4 Å². The average molecular weight is 599 g/mol. The minimum atomic E-state index is 1.06. The molecule has 0 bridgehead atoms. The van der Waals surface area contributed by atoms with Crippen LogP contribution >= 0.6 is 0 Å². The topological polar surface area (TPSA) is 35.6 Å². The Morgan fingerprint density at radius 1 is 0.543 bits per heavy atom. The summed E-state index contributed by atoms with van der Waals surface area (Å²) in [6.45, 7) is 8.93. The van der Waals surface area contributed by atoms with Crippen molar-refractivity contribution in [1.29, 1.82) is 0 Å². The molecule has 0 N–H and O–H groups in total. The van der Waals surface area contributed by atoms with Crippen LogP contribution in [0.2, 0.25) is 0 Å². The first-order valence-corrected chi connectivity index (χ1v) is 16.5. The summed E-state index contributed by atoms with van der Waals surface area (Å²) in [5, 5.41) is 3.69. The van der Waals surface area contributed by atoms with Crippen molar-refractivity contribution < 1.29 is 0 Å². The SMILES string of the molecule is CCCc1ccc2c(c1)c1cnccc1n2-c1ccc(-c2ccc(-n3c4ccc(CCC)cc4c4ncccc43)cc2C)c(C)c1. The molecule has 0 aliphatic heterocycles. The van der Waals surface area contributed by atoms with E-state index in [2.05, 4.69) is 127 Å². The average Bonchev–Trinajstić information content (AvgIpc) is 3.58. The zero-order valence-electron chi connectivity index (χ0n) is 27.0. The quantitative estimate of drug-likeness (QED) is 0.183. The highest BCUT2D eigenvalue weighted by molar-refractivity contribution is 6.09. The van der Waals surface area contributed by atoms with Crippen LogP contribution in [0, 0.1) is 13.8 Å². The molecule has 226 valence electrons. The van der Waals surface area contributed by atoms with E-state index in [0.717, 1.165) is 42.4 Å². The molecule has 0 fully saturated rings. The lowest BCUT2D eigenvalue weighted by Gasteiger charge is -2.15. The third-order valence-corrected chi connectivity index (χ3v) is 9.52. The number of pyridine rings is 2. The minimum Gasteiger partial charge on any atom is -0.309 e. The van der Waals surface area contributed by atoms with E-state index in [9.17, 15) is 0 Å². The van der Waals surface area contributed by atoms with E-state index in [1.54, 1.807) is 0 Å². The molecular formula is C42H38N4. The van der Waals surface area contributed by atoms with Gasteiger partial charge in [0.15, 0.2) is 0 Å². The van der Waals surface area contributed by atoms with Crippen LogP contribution in [0.1, 0.15) is 48.9 Å². The summed E-state index contributed by atoms with van der Waals surface area (Å²) in [5.41, 5.74) is 15.9. The van der Waals surface area contributed by atoms with Gasteiger partial charge < -0.3 is 9.13 Å². The van der Waals surface area contributed by atoms with Gasteiger partial charge in [0.05, 0.1) is 27.6 Å². The van der Waals surface area contributed by atoms with Crippen LogP contribution in [0.15, 0.2) is 110 Å². The molecule has 0 amide bonds. The molecule has 0 atom stereocenters. The van der Waals surface area contributed by atoms with Gasteiger partial charge in [-0.1, -0.05) is 51.0 Å². The maximum atomic E-state index is 4.81. The van der Waals surface area contributed by atoms with Gasteiger partial charge in [0, 0.05) is 46.1 Å². The molecule has 0 aliphatic carbocycles. The number of rotatable bonds is 7. The molecule has 4 heteroatoms. The molecule has 8 aromatic rings. The Balaban J connectivity index is 1.21. The molecule has 0 saturated carbocycles. The van der Waals surface area contributed by atoms with Gasteiger partial charge in [-0.25, -0.2) is 0 Å². The first-order chi connectivity index (χ1) is 22.6.